The van der Waals surface area contributed by atoms with Crippen LogP contribution in [0.1, 0.15) is 39.2 Å². The van der Waals surface area contributed by atoms with Crippen LogP contribution in [-0.4, -0.2) is 28.5 Å². The first-order valence-electron chi connectivity index (χ1n) is 8.35. The van der Waals surface area contributed by atoms with Gasteiger partial charge in [-0.2, -0.15) is 0 Å². The van der Waals surface area contributed by atoms with Gasteiger partial charge in [0.15, 0.2) is 0 Å². The molecule has 2 aliphatic rings. The molecule has 3 nitrogen and oxygen atoms in total. The summed E-state index contributed by atoms with van der Waals surface area (Å²) in [6.07, 6.45) is -3.01. The van der Waals surface area contributed by atoms with Crippen LogP contribution in [0.4, 0.5) is 13.2 Å². The second kappa shape index (κ2) is 6.43. The molecular formula is C18H22BrF3O3. The zero-order valence-electron chi connectivity index (χ0n) is 14.4. The molecule has 0 amide bonds. The average molecular weight is 423 g/mol. The SMILES string of the molecule is CC(C)C12CC(OCc3ccc(OC(F)(F)F)cc3)C(C)(CC1Br)O2. The zero-order chi connectivity index (χ0) is 18.5. The molecule has 0 saturated carbocycles. The van der Waals surface area contributed by atoms with Gasteiger partial charge in [-0.15, -0.1) is 13.2 Å². The lowest BCUT2D eigenvalue weighted by molar-refractivity contribution is -0.274. The van der Waals surface area contributed by atoms with E-state index in [9.17, 15) is 13.2 Å². The Labute approximate surface area is 154 Å². The highest BCUT2D eigenvalue weighted by atomic mass is 79.9. The average Bonchev–Trinajstić information content (AvgIpc) is 2.93. The summed E-state index contributed by atoms with van der Waals surface area (Å²) in [4.78, 5) is 0.309. The minimum Gasteiger partial charge on any atom is -0.406 e. The quantitative estimate of drug-likeness (QED) is 0.609. The summed E-state index contributed by atoms with van der Waals surface area (Å²) in [6, 6.07) is 5.77. The molecule has 25 heavy (non-hydrogen) atoms. The van der Waals surface area contributed by atoms with Gasteiger partial charge in [0, 0.05) is 11.2 Å². The largest absolute Gasteiger partial charge is 0.573 e. The second-order valence-electron chi connectivity index (χ2n) is 7.39. The van der Waals surface area contributed by atoms with Crippen LogP contribution >= 0.6 is 15.9 Å². The second-order valence-corrected chi connectivity index (χ2v) is 8.50. The lowest BCUT2D eigenvalue weighted by Crippen LogP contribution is -2.44. The van der Waals surface area contributed by atoms with Crippen LogP contribution < -0.4 is 4.74 Å². The summed E-state index contributed by atoms with van der Waals surface area (Å²) >= 11 is 3.76. The summed E-state index contributed by atoms with van der Waals surface area (Å²) < 4.78 is 52.9. The van der Waals surface area contributed by atoms with Gasteiger partial charge in [-0.25, -0.2) is 0 Å². The number of ether oxygens (including phenoxy) is 3. The van der Waals surface area contributed by atoms with E-state index < -0.39 is 6.36 Å². The van der Waals surface area contributed by atoms with Crippen molar-refractivity contribution >= 4 is 15.9 Å². The fourth-order valence-electron chi connectivity index (χ4n) is 3.88. The number of hydrogen-bond acceptors (Lipinski definition) is 3. The van der Waals surface area contributed by atoms with Gasteiger partial charge in [-0.3, -0.25) is 0 Å². The Balaban J connectivity index is 1.61. The normalized spacial score (nSPS) is 34.7. The lowest BCUT2D eigenvalue weighted by Gasteiger charge is -2.35. The van der Waals surface area contributed by atoms with E-state index >= 15 is 0 Å². The molecule has 2 fully saturated rings. The van der Waals surface area contributed by atoms with Crippen LogP contribution in [0.5, 0.6) is 5.75 Å². The third-order valence-electron chi connectivity index (χ3n) is 5.31. The first kappa shape index (κ1) is 19.0. The van der Waals surface area contributed by atoms with E-state index in [0.717, 1.165) is 18.4 Å². The van der Waals surface area contributed by atoms with Crippen LogP contribution in [0.3, 0.4) is 0 Å². The Bertz CT molecular complexity index is 619. The van der Waals surface area contributed by atoms with E-state index in [1.54, 1.807) is 12.1 Å². The summed E-state index contributed by atoms with van der Waals surface area (Å²) in [6.45, 7) is 6.71. The van der Waals surface area contributed by atoms with Gasteiger partial charge in [-0.1, -0.05) is 41.9 Å². The van der Waals surface area contributed by atoms with E-state index in [0.29, 0.717) is 17.4 Å². The smallest absolute Gasteiger partial charge is 0.406 e. The maximum atomic E-state index is 12.2. The number of halogens is 4. The van der Waals surface area contributed by atoms with E-state index in [4.69, 9.17) is 9.47 Å². The molecule has 1 aromatic carbocycles. The summed E-state index contributed by atoms with van der Waals surface area (Å²) in [5, 5.41) is 0. The molecule has 0 aliphatic carbocycles. The number of alkyl halides is 4. The van der Waals surface area contributed by atoms with E-state index in [-0.39, 0.29) is 23.1 Å². The first-order chi connectivity index (χ1) is 11.5. The topological polar surface area (TPSA) is 27.7 Å². The highest BCUT2D eigenvalue weighted by molar-refractivity contribution is 9.09. The highest BCUT2D eigenvalue weighted by Crippen LogP contribution is 2.57. The first-order valence-corrected chi connectivity index (χ1v) is 9.26. The summed E-state index contributed by atoms with van der Waals surface area (Å²) in [5.74, 6) is 0.137. The van der Waals surface area contributed by atoms with E-state index in [1.165, 1.54) is 12.1 Å². The van der Waals surface area contributed by atoms with Crippen LogP contribution in [0.15, 0.2) is 24.3 Å². The maximum absolute atomic E-state index is 12.2. The number of benzene rings is 1. The van der Waals surface area contributed by atoms with Crippen LogP contribution in [0, 0.1) is 5.92 Å². The molecule has 0 radical (unpaired) electrons. The van der Waals surface area contributed by atoms with Gasteiger partial charge in [0.1, 0.15) is 5.75 Å². The van der Waals surface area contributed by atoms with Crippen LogP contribution in [0.2, 0.25) is 0 Å². The minimum absolute atomic E-state index is 0.0326. The Morgan fingerprint density at radius 2 is 1.88 bits per heavy atom. The molecule has 0 N–H and O–H groups in total. The molecule has 2 bridgehead atoms. The number of hydrogen-bond donors (Lipinski definition) is 0. The Hall–Kier alpha value is -0.790. The number of fused-ring (bicyclic) bond motifs is 2. The van der Waals surface area contributed by atoms with Crippen molar-refractivity contribution in [3.63, 3.8) is 0 Å². The van der Waals surface area contributed by atoms with E-state index in [2.05, 4.69) is 41.4 Å². The third-order valence-corrected chi connectivity index (χ3v) is 6.41. The zero-order valence-corrected chi connectivity index (χ0v) is 16.0. The van der Waals surface area contributed by atoms with Gasteiger partial charge in [0.2, 0.25) is 0 Å². The molecule has 2 heterocycles. The highest BCUT2D eigenvalue weighted by Gasteiger charge is 2.65. The van der Waals surface area contributed by atoms with Crippen molar-refractivity contribution in [2.75, 3.05) is 0 Å². The predicted molar refractivity (Wildman–Crippen MR) is 90.7 cm³/mol. The molecule has 140 valence electrons. The predicted octanol–water partition coefficient (Wildman–Crippen LogP) is 5.21. The lowest BCUT2D eigenvalue weighted by atomic mass is 9.75. The van der Waals surface area contributed by atoms with Gasteiger partial charge >= 0.3 is 6.36 Å². The third kappa shape index (κ3) is 3.69. The van der Waals surface area contributed by atoms with E-state index in [1.807, 2.05) is 0 Å². The van der Waals surface area contributed by atoms with Gasteiger partial charge in [0.25, 0.3) is 0 Å². The fourth-order valence-corrected chi connectivity index (χ4v) is 5.33. The van der Waals surface area contributed by atoms with Gasteiger partial charge < -0.3 is 14.2 Å². The van der Waals surface area contributed by atoms with Crippen molar-refractivity contribution in [1.29, 1.82) is 0 Å². The van der Waals surface area contributed by atoms with Crippen LogP contribution in [0.25, 0.3) is 0 Å². The minimum atomic E-state index is -4.68. The van der Waals surface area contributed by atoms with Crippen molar-refractivity contribution in [2.24, 2.45) is 5.92 Å². The van der Waals surface area contributed by atoms with Crippen LogP contribution in [-0.2, 0) is 16.1 Å². The fraction of sp³-hybridized carbons (Fsp3) is 0.667. The molecule has 4 atom stereocenters. The molecule has 1 aromatic rings. The Kier molecular flexibility index (Phi) is 4.88. The molecule has 3 rings (SSSR count). The molecule has 0 aromatic heterocycles. The van der Waals surface area contributed by atoms with Crippen molar-refractivity contribution in [3.8, 4) is 5.75 Å². The molecular weight excluding hydrogens is 401 g/mol. The van der Waals surface area contributed by atoms with Crippen molar-refractivity contribution in [2.45, 2.75) is 68.7 Å². The van der Waals surface area contributed by atoms with Crippen molar-refractivity contribution < 1.29 is 27.4 Å². The summed E-state index contributed by atoms with van der Waals surface area (Å²) in [7, 11) is 0. The molecule has 2 saturated heterocycles. The standard InChI is InChI=1S/C18H22BrF3O3/c1-11(2)17-9-15(16(3,25-17)8-14(17)19)23-10-12-4-6-13(7-5-12)24-18(20,21)22/h4-7,11,14-15H,8-10H2,1-3H3. The molecule has 4 unspecified atom stereocenters. The number of rotatable bonds is 5. The van der Waals surface area contributed by atoms with Gasteiger partial charge in [0.05, 0.1) is 23.9 Å². The monoisotopic (exact) mass is 422 g/mol. The van der Waals surface area contributed by atoms with Crippen molar-refractivity contribution in [3.05, 3.63) is 29.8 Å². The van der Waals surface area contributed by atoms with Gasteiger partial charge in [-0.05, 0) is 37.0 Å². The maximum Gasteiger partial charge on any atom is 0.573 e. The van der Waals surface area contributed by atoms with Crippen molar-refractivity contribution in [1.82, 2.24) is 0 Å². The molecule has 2 aliphatic heterocycles. The molecule has 0 spiro atoms. The summed E-state index contributed by atoms with van der Waals surface area (Å²) in [5.41, 5.74) is 0.247. The molecule has 7 heteroatoms. The Morgan fingerprint density at radius 3 is 2.40 bits per heavy atom. The Morgan fingerprint density at radius 1 is 1.24 bits per heavy atom.